The van der Waals surface area contributed by atoms with E-state index in [1.807, 2.05) is 0 Å². The zero-order valence-corrected chi connectivity index (χ0v) is 20.0. The fraction of sp³-hybridized carbons (Fsp3) is 0.286. The molecule has 1 heterocycles. The molecule has 2 aromatic rings. The molecule has 30 heavy (non-hydrogen) atoms. The first-order valence-corrected chi connectivity index (χ1v) is 10.7. The van der Waals surface area contributed by atoms with E-state index in [2.05, 4.69) is 0 Å². The third-order valence-corrected chi connectivity index (χ3v) is 5.70. The second-order valence-corrected chi connectivity index (χ2v) is 9.25. The Morgan fingerprint density at radius 1 is 1.17 bits per heavy atom. The topological polar surface area (TPSA) is 92.7 Å². The van der Waals surface area contributed by atoms with Gasteiger partial charge in [-0.15, -0.1) is 0 Å². The van der Waals surface area contributed by atoms with Crippen molar-refractivity contribution in [3.8, 4) is 0 Å². The minimum atomic E-state index is -3.37. The average molecular weight is 442 g/mol. The predicted octanol–water partition coefficient (Wildman–Crippen LogP) is -0.955. The van der Waals surface area contributed by atoms with Crippen LogP contribution in [0.1, 0.15) is 25.0 Å². The molecule has 0 saturated carbocycles. The molecule has 0 bridgehead atoms. The molecule has 1 aliphatic heterocycles. The molecule has 0 fully saturated rings. The van der Waals surface area contributed by atoms with Gasteiger partial charge in [-0.25, -0.2) is 12.8 Å². The normalized spacial score (nSPS) is 18.2. The summed E-state index contributed by atoms with van der Waals surface area (Å²) >= 11 is 0. The van der Waals surface area contributed by atoms with Crippen molar-refractivity contribution in [1.29, 1.82) is 0 Å². The predicted molar refractivity (Wildman–Crippen MR) is 103 cm³/mol. The van der Waals surface area contributed by atoms with Crippen LogP contribution in [0.4, 0.5) is 4.39 Å². The Hall–Kier alpha value is -1.55. The summed E-state index contributed by atoms with van der Waals surface area (Å²) in [5.74, 6) is -1.87. The molecular weight excluding hydrogens is 422 g/mol. The van der Waals surface area contributed by atoms with E-state index in [0.717, 1.165) is 6.26 Å². The summed E-state index contributed by atoms with van der Waals surface area (Å²) in [5, 5.41) is 10.9. The summed E-state index contributed by atoms with van der Waals surface area (Å²) in [6.45, 7) is 2.85. The van der Waals surface area contributed by atoms with Crippen LogP contribution in [0.5, 0.6) is 0 Å². The van der Waals surface area contributed by atoms with Crippen LogP contribution in [0, 0.1) is 5.82 Å². The van der Waals surface area contributed by atoms with Gasteiger partial charge in [0.25, 0.3) is 0 Å². The Bertz CT molecular complexity index is 1080. The first-order valence-electron chi connectivity index (χ1n) is 8.79. The SMILES string of the molecule is CC1(C)OC(OCC(=O)[O-])C(c2cccc(F)c2)=C1c1ccc(S(C)(=O)=O)cc1.[Na+]. The van der Waals surface area contributed by atoms with Gasteiger partial charge in [0.2, 0.25) is 0 Å². The van der Waals surface area contributed by atoms with E-state index in [4.69, 9.17) is 9.47 Å². The smallest absolute Gasteiger partial charge is 0.548 e. The molecule has 0 N–H and O–H groups in total. The maximum Gasteiger partial charge on any atom is 1.00 e. The molecule has 2 aromatic carbocycles. The van der Waals surface area contributed by atoms with Gasteiger partial charge < -0.3 is 19.4 Å². The molecule has 1 atom stereocenters. The van der Waals surface area contributed by atoms with Gasteiger partial charge in [-0.3, -0.25) is 0 Å². The Balaban J connectivity index is 0.00000320. The number of carboxylic acid groups (broad SMARTS) is 1. The number of carbonyl (C=O) groups is 1. The minimum absolute atomic E-state index is 0. The van der Waals surface area contributed by atoms with Crippen molar-refractivity contribution in [3.63, 3.8) is 0 Å². The number of rotatable bonds is 6. The summed E-state index contributed by atoms with van der Waals surface area (Å²) in [7, 11) is -3.37. The number of halogens is 1. The van der Waals surface area contributed by atoms with Gasteiger partial charge in [0.1, 0.15) is 5.82 Å². The first kappa shape index (κ1) is 24.7. The zero-order chi connectivity index (χ0) is 21.4. The molecule has 0 saturated heterocycles. The van der Waals surface area contributed by atoms with Gasteiger partial charge in [-0.2, -0.15) is 0 Å². The van der Waals surface area contributed by atoms with Gasteiger partial charge in [0.05, 0.1) is 23.1 Å². The number of hydrogen-bond donors (Lipinski definition) is 0. The van der Waals surface area contributed by atoms with E-state index in [9.17, 15) is 22.7 Å². The van der Waals surface area contributed by atoms with E-state index in [0.29, 0.717) is 22.3 Å². The van der Waals surface area contributed by atoms with Crippen LogP contribution in [0.15, 0.2) is 53.4 Å². The van der Waals surface area contributed by atoms with Crippen molar-refractivity contribution in [1.82, 2.24) is 0 Å². The fourth-order valence-electron chi connectivity index (χ4n) is 3.40. The summed E-state index contributed by atoms with van der Waals surface area (Å²) in [5.41, 5.74) is 1.34. The molecule has 0 amide bonds. The van der Waals surface area contributed by atoms with E-state index in [1.54, 1.807) is 32.0 Å². The maximum absolute atomic E-state index is 13.9. The molecule has 3 rings (SSSR count). The van der Waals surface area contributed by atoms with Gasteiger partial charge in [0, 0.05) is 11.8 Å². The first-order chi connectivity index (χ1) is 13.5. The molecule has 6 nitrogen and oxygen atoms in total. The van der Waals surface area contributed by atoms with Crippen LogP contribution < -0.4 is 34.7 Å². The Morgan fingerprint density at radius 2 is 1.80 bits per heavy atom. The van der Waals surface area contributed by atoms with Crippen molar-refractivity contribution in [2.24, 2.45) is 0 Å². The molecule has 0 radical (unpaired) electrons. The molecule has 0 spiro atoms. The number of benzene rings is 2. The monoisotopic (exact) mass is 442 g/mol. The summed E-state index contributed by atoms with van der Waals surface area (Å²) < 4.78 is 48.7. The zero-order valence-electron chi connectivity index (χ0n) is 17.1. The maximum atomic E-state index is 13.9. The number of sulfone groups is 1. The number of aliphatic carboxylic acids is 1. The van der Waals surface area contributed by atoms with Gasteiger partial charge in [0.15, 0.2) is 16.1 Å². The van der Waals surface area contributed by atoms with E-state index in [-0.39, 0.29) is 34.5 Å². The molecule has 1 unspecified atom stereocenters. The molecule has 0 aromatic heterocycles. The summed E-state index contributed by atoms with van der Waals surface area (Å²) in [4.78, 5) is 11.0. The van der Waals surface area contributed by atoms with Crippen molar-refractivity contribution >= 4 is 27.0 Å². The standard InChI is InChI=1S/C21H21FO6S.Na/c1-21(2)19(13-7-9-16(10-8-13)29(3,25)26)18(14-5-4-6-15(22)11-14)20(28-21)27-12-17(23)24;/h4-11,20H,12H2,1-3H3,(H,23,24);/q;+1/p-1. The van der Waals surface area contributed by atoms with E-state index in [1.165, 1.54) is 30.3 Å². The second-order valence-electron chi connectivity index (χ2n) is 7.24. The molecule has 154 valence electrons. The number of ether oxygens (including phenoxy) is 2. The van der Waals surface area contributed by atoms with Gasteiger partial charge >= 0.3 is 29.6 Å². The Kier molecular flexibility index (Phi) is 7.66. The van der Waals surface area contributed by atoms with Crippen molar-refractivity contribution in [3.05, 3.63) is 65.5 Å². The van der Waals surface area contributed by atoms with Crippen LogP contribution in [0.2, 0.25) is 0 Å². The third kappa shape index (κ3) is 5.38. The number of hydrogen-bond acceptors (Lipinski definition) is 6. The number of carboxylic acids is 1. The Morgan fingerprint density at radius 3 is 2.33 bits per heavy atom. The number of carbonyl (C=O) groups excluding carboxylic acids is 1. The molecule has 9 heteroatoms. The van der Waals surface area contributed by atoms with Gasteiger partial charge in [-0.1, -0.05) is 24.3 Å². The van der Waals surface area contributed by atoms with Crippen LogP contribution in [-0.2, 0) is 24.1 Å². The van der Waals surface area contributed by atoms with Crippen molar-refractivity contribution in [2.75, 3.05) is 12.9 Å². The molecule has 0 aliphatic carbocycles. The van der Waals surface area contributed by atoms with Crippen molar-refractivity contribution in [2.45, 2.75) is 30.6 Å². The largest absolute Gasteiger partial charge is 1.00 e. The van der Waals surface area contributed by atoms with Crippen LogP contribution in [0.3, 0.4) is 0 Å². The fourth-order valence-corrected chi connectivity index (χ4v) is 4.03. The van der Waals surface area contributed by atoms with Crippen molar-refractivity contribution < 1.29 is 61.7 Å². The van der Waals surface area contributed by atoms with Crippen LogP contribution in [-0.4, -0.2) is 39.1 Å². The van der Waals surface area contributed by atoms with Gasteiger partial charge in [-0.05, 0) is 54.8 Å². The summed E-state index contributed by atoms with van der Waals surface area (Å²) in [6.07, 6.45) is 0.0561. The van der Waals surface area contributed by atoms with E-state index >= 15 is 0 Å². The quantitative estimate of drug-likeness (QED) is 0.536. The molecule has 1 aliphatic rings. The second kappa shape index (κ2) is 9.30. The van der Waals surface area contributed by atoms with Crippen LogP contribution >= 0.6 is 0 Å². The van der Waals surface area contributed by atoms with Crippen LogP contribution in [0.25, 0.3) is 11.1 Å². The Labute approximate surface area is 196 Å². The van der Waals surface area contributed by atoms with E-state index < -0.39 is 40.1 Å². The molecular formula is C21H20FNaO6S. The third-order valence-electron chi connectivity index (χ3n) is 4.57. The average Bonchev–Trinajstić information content (AvgIpc) is 2.90. The summed E-state index contributed by atoms with van der Waals surface area (Å²) in [6, 6.07) is 12.0. The minimum Gasteiger partial charge on any atom is -0.548 e.